The molecule has 0 saturated carbocycles. The van der Waals surface area contributed by atoms with Gasteiger partial charge in [0.15, 0.2) is 0 Å². The molecule has 0 heterocycles. The van der Waals surface area contributed by atoms with E-state index in [1.165, 1.54) is 6.07 Å². The van der Waals surface area contributed by atoms with Gasteiger partial charge in [0.25, 0.3) is 0 Å². The van der Waals surface area contributed by atoms with Gasteiger partial charge >= 0.3 is 12.3 Å². The van der Waals surface area contributed by atoms with E-state index in [4.69, 9.17) is 10.5 Å². The quantitative estimate of drug-likeness (QED) is 0.821. The highest BCUT2D eigenvalue weighted by atomic mass is 19.4. The van der Waals surface area contributed by atoms with Crippen LogP contribution in [-0.2, 0) is 17.3 Å². The lowest BCUT2D eigenvalue weighted by molar-refractivity contribution is -0.137. The van der Waals surface area contributed by atoms with Crippen LogP contribution in [0, 0.1) is 5.41 Å². The van der Waals surface area contributed by atoms with Gasteiger partial charge in [-0.05, 0) is 40.8 Å². The molecule has 0 fully saturated rings. The van der Waals surface area contributed by atoms with E-state index in [2.05, 4.69) is 0 Å². The van der Waals surface area contributed by atoms with Crippen LogP contribution >= 0.6 is 0 Å². The van der Waals surface area contributed by atoms with Crippen LogP contribution in [0.4, 0.5) is 18.0 Å². The zero-order chi connectivity index (χ0) is 18.4. The highest BCUT2D eigenvalue weighted by Crippen LogP contribution is 2.48. The molecule has 0 bridgehead atoms. The molecular weight excluding hydrogens is 331 g/mol. The highest BCUT2D eigenvalue weighted by Gasteiger charge is 2.41. The number of benzene rings is 2. The van der Waals surface area contributed by atoms with E-state index in [9.17, 15) is 18.0 Å². The number of ether oxygens (including phenoxy) is 1. The van der Waals surface area contributed by atoms with E-state index in [-0.39, 0.29) is 5.41 Å². The maximum Gasteiger partial charge on any atom is 0.416 e. The Bertz CT molecular complexity index is 828. The van der Waals surface area contributed by atoms with E-state index >= 15 is 0 Å². The van der Waals surface area contributed by atoms with Gasteiger partial charge < -0.3 is 10.5 Å². The molecule has 1 aliphatic carbocycles. The molecule has 0 saturated heterocycles. The monoisotopic (exact) mass is 349 g/mol. The fourth-order valence-corrected chi connectivity index (χ4v) is 3.41. The van der Waals surface area contributed by atoms with Gasteiger partial charge in [-0.15, -0.1) is 0 Å². The second-order valence-electron chi connectivity index (χ2n) is 6.97. The van der Waals surface area contributed by atoms with Gasteiger partial charge in [0.1, 0.15) is 6.10 Å². The predicted molar refractivity (Wildman–Crippen MR) is 87.8 cm³/mol. The molecule has 2 N–H and O–H groups in total. The first-order valence-electron chi connectivity index (χ1n) is 7.84. The first kappa shape index (κ1) is 17.3. The number of amides is 1. The average molecular weight is 349 g/mol. The van der Waals surface area contributed by atoms with Crippen molar-refractivity contribution in [3.05, 3.63) is 59.2 Å². The second kappa shape index (κ2) is 5.79. The summed E-state index contributed by atoms with van der Waals surface area (Å²) in [6.07, 6.45) is -5.04. The number of hydrogen-bond acceptors (Lipinski definition) is 2. The van der Waals surface area contributed by atoms with Crippen LogP contribution in [0.5, 0.6) is 0 Å². The number of fused-ring (bicyclic) bond motifs is 1. The van der Waals surface area contributed by atoms with Gasteiger partial charge in [0, 0.05) is 5.41 Å². The lowest BCUT2D eigenvalue weighted by Crippen LogP contribution is -2.25. The second-order valence-corrected chi connectivity index (χ2v) is 6.97. The van der Waals surface area contributed by atoms with Crippen molar-refractivity contribution >= 4 is 6.09 Å². The smallest absolute Gasteiger partial charge is 0.416 e. The van der Waals surface area contributed by atoms with Gasteiger partial charge in [-0.2, -0.15) is 13.2 Å². The number of carbonyl (C=O) groups excluding carboxylic acids is 1. The van der Waals surface area contributed by atoms with Crippen LogP contribution in [0.2, 0.25) is 0 Å². The van der Waals surface area contributed by atoms with Gasteiger partial charge in [0.05, 0.1) is 5.56 Å². The number of halogens is 3. The fourth-order valence-electron chi connectivity index (χ4n) is 3.41. The van der Waals surface area contributed by atoms with E-state index < -0.39 is 23.9 Å². The maximum absolute atomic E-state index is 12.9. The molecule has 0 radical (unpaired) electrons. The normalized spacial score (nSPS) is 18.7. The van der Waals surface area contributed by atoms with Crippen LogP contribution in [0.3, 0.4) is 0 Å². The molecule has 2 aromatic rings. The van der Waals surface area contributed by atoms with Crippen molar-refractivity contribution in [2.75, 3.05) is 0 Å². The summed E-state index contributed by atoms with van der Waals surface area (Å²) >= 11 is 0. The Hall–Kier alpha value is -2.50. The lowest BCUT2D eigenvalue weighted by atomic mass is 9.87. The van der Waals surface area contributed by atoms with Crippen molar-refractivity contribution in [1.29, 1.82) is 0 Å². The van der Waals surface area contributed by atoms with Gasteiger partial charge in [-0.1, -0.05) is 44.2 Å². The van der Waals surface area contributed by atoms with Crippen LogP contribution < -0.4 is 5.73 Å². The molecule has 2 aromatic carbocycles. The Morgan fingerprint density at radius 3 is 2.48 bits per heavy atom. The Morgan fingerprint density at radius 1 is 1.16 bits per heavy atom. The summed E-state index contributed by atoms with van der Waals surface area (Å²) < 4.78 is 44.0. The molecule has 3 rings (SSSR count). The summed E-state index contributed by atoms with van der Waals surface area (Å²) in [5.74, 6) is 0. The number of nitrogens with two attached hydrogens (primary N) is 1. The number of hydrogen-bond donors (Lipinski definition) is 1. The molecule has 1 atom stereocenters. The topological polar surface area (TPSA) is 52.3 Å². The summed E-state index contributed by atoms with van der Waals surface area (Å²) in [5, 5.41) is 0. The average Bonchev–Trinajstić information content (AvgIpc) is 2.76. The van der Waals surface area contributed by atoms with Crippen molar-refractivity contribution < 1.29 is 22.7 Å². The van der Waals surface area contributed by atoms with E-state index in [0.717, 1.165) is 23.3 Å². The summed E-state index contributed by atoms with van der Waals surface area (Å²) in [7, 11) is 0. The third-order valence-corrected chi connectivity index (χ3v) is 4.54. The standard InChI is InChI=1S/C19H18F3NO2/c1-18(2)10-13-8-12(6-7-15(13)16(18)25-17(23)24)11-4-3-5-14(9-11)19(20,21)22/h3-9,16H,10H2,1-2H3,(H2,23,24). The maximum atomic E-state index is 12.9. The van der Waals surface area contributed by atoms with E-state index in [1.807, 2.05) is 19.9 Å². The van der Waals surface area contributed by atoms with Crippen LogP contribution in [0.15, 0.2) is 42.5 Å². The molecule has 0 aliphatic heterocycles. The zero-order valence-corrected chi connectivity index (χ0v) is 13.9. The van der Waals surface area contributed by atoms with Crippen molar-refractivity contribution in [2.24, 2.45) is 11.1 Å². The first-order valence-corrected chi connectivity index (χ1v) is 7.84. The van der Waals surface area contributed by atoms with Crippen LogP contribution in [0.1, 0.15) is 36.6 Å². The molecule has 3 nitrogen and oxygen atoms in total. The molecule has 1 amide bonds. The zero-order valence-electron chi connectivity index (χ0n) is 13.9. The van der Waals surface area contributed by atoms with Crippen molar-refractivity contribution in [3.63, 3.8) is 0 Å². The van der Waals surface area contributed by atoms with Crippen molar-refractivity contribution in [1.82, 2.24) is 0 Å². The predicted octanol–water partition coefficient (Wildman–Crippen LogP) is 5.09. The van der Waals surface area contributed by atoms with Crippen molar-refractivity contribution in [3.8, 4) is 11.1 Å². The van der Waals surface area contributed by atoms with Crippen LogP contribution in [0.25, 0.3) is 11.1 Å². The molecule has 0 aromatic heterocycles. The fraction of sp³-hybridized carbons (Fsp3) is 0.316. The lowest BCUT2D eigenvalue weighted by Gasteiger charge is -2.26. The largest absolute Gasteiger partial charge is 0.441 e. The Labute approximate surface area is 143 Å². The van der Waals surface area contributed by atoms with Gasteiger partial charge in [-0.3, -0.25) is 0 Å². The summed E-state index contributed by atoms with van der Waals surface area (Å²) in [4.78, 5) is 11.2. The minimum Gasteiger partial charge on any atom is -0.441 e. The Balaban J connectivity index is 2.00. The van der Waals surface area contributed by atoms with E-state index in [0.29, 0.717) is 17.5 Å². The minimum absolute atomic E-state index is 0.330. The minimum atomic E-state index is -4.38. The third kappa shape index (κ3) is 3.34. The van der Waals surface area contributed by atoms with Crippen molar-refractivity contribution in [2.45, 2.75) is 32.5 Å². The number of primary amides is 1. The number of alkyl halides is 3. The molecule has 132 valence electrons. The molecular formula is C19H18F3NO2. The summed E-state index contributed by atoms with van der Waals surface area (Å²) in [5.41, 5.74) is 7.14. The molecule has 0 spiro atoms. The summed E-state index contributed by atoms with van der Waals surface area (Å²) in [6.45, 7) is 3.93. The summed E-state index contributed by atoms with van der Waals surface area (Å²) in [6, 6.07) is 10.6. The van der Waals surface area contributed by atoms with Crippen LogP contribution in [-0.4, -0.2) is 6.09 Å². The SMILES string of the molecule is CC1(C)Cc2cc(-c3cccc(C(F)(F)F)c3)ccc2C1OC(N)=O. The Morgan fingerprint density at radius 2 is 1.84 bits per heavy atom. The van der Waals surface area contributed by atoms with E-state index in [1.54, 1.807) is 18.2 Å². The Kier molecular flexibility index (Phi) is 4.01. The van der Waals surface area contributed by atoms with Gasteiger partial charge in [-0.25, -0.2) is 4.79 Å². The molecule has 25 heavy (non-hydrogen) atoms. The third-order valence-electron chi connectivity index (χ3n) is 4.54. The highest BCUT2D eigenvalue weighted by molar-refractivity contribution is 5.68. The number of carbonyl (C=O) groups is 1. The molecule has 1 unspecified atom stereocenters. The number of rotatable bonds is 2. The molecule has 1 aliphatic rings. The first-order chi connectivity index (χ1) is 11.6. The van der Waals surface area contributed by atoms with Gasteiger partial charge in [0.2, 0.25) is 0 Å². The molecule has 6 heteroatoms.